The molecule has 0 aliphatic carbocycles. The molecule has 5 amide bonds. The number of hydrogen-bond acceptors (Lipinski definition) is 8. The van der Waals surface area contributed by atoms with Gasteiger partial charge in [-0.25, -0.2) is 0 Å². The van der Waals surface area contributed by atoms with Gasteiger partial charge in [-0.1, -0.05) is 51.5 Å². The summed E-state index contributed by atoms with van der Waals surface area (Å²) >= 11 is 0. The molecule has 1 aromatic rings. The molecule has 0 saturated carbocycles. The van der Waals surface area contributed by atoms with E-state index in [2.05, 4.69) is 21.3 Å². The average molecular weight is 646 g/mol. The van der Waals surface area contributed by atoms with Crippen molar-refractivity contribution < 1.29 is 48.6 Å². The summed E-state index contributed by atoms with van der Waals surface area (Å²) in [4.78, 5) is 101. The molecule has 0 aromatic heterocycles. The number of carboxylic acid groups (broad SMARTS) is 2. The Morgan fingerprint density at radius 2 is 1.48 bits per heavy atom. The van der Waals surface area contributed by atoms with Crippen molar-refractivity contribution in [3.63, 3.8) is 0 Å². The van der Waals surface area contributed by atoms with Crippen LogP contribution in [-0.4, -0.2) is 93.6 Å². The number of hydrogen-bond donors (Lipinski definition) is 6. The molecule has 46 heavy (non-hydrogen) atoms. The quantitative estimate of drug-likeness (QED) is 0.138. The zero-order valence-corrected chi connectivity index (χ0v) is 26.8. The van der Waals surface area contributed by atoms with Gasteiger partial charge in [0.05, 0.1) is 18.9 Å². The predicted octanol–water partition coefficient (Wildman–Crippen LogP) is -0.160. The maximum atomic E-state index is 14.1. The maximum Gasteiger partial charge on any atom is 0.305 e. The second-order valence-corrected chi connectivity index (χ2v) is 12.0. The van der Waals surface area contributed by atoms with Crippen LogP contribution >= 0.6 is 0 Å². The number of carbonyl (C=O) groups excluding carboxylic acids is 6. The summed E-state index contributed by atoms with van der Waals surface area (Å²) in [6.07, 6.45) is -0.840. The summed E-state index contributed by atoms with van der Waals surface area (Å²) in [5.41, 5.74) is 2.15. The predicted molar refractivity (Wildman–Crippen MR) is 163 cm³/mol. The number of aliphatic carboxylic acids is 2. The number of benzene rings is 1. The summed E-state index contributed by atoms with van der Waals surface area (Å²) < 4.78 is 0. The smallest absolute Gasteiger partial charge is 0.305 e. The van der Waals surface area contributed by atoms with E-state index in [-0.39, 0.29) is 6.54 Å². The second-order valence-electron chi connectivity index (χ2n) is 12.0. The Bertz CT molecular complexity index is 1360. The first-order valence-electron chi connectivity index (χ1n) is 14.9. The van der Waals surface area contributed by atoms with Crippen LogP contribution in [0.2, 0.25) is 0 Å². The van der Waals surface area contributed by atoms with Crippen LogP contribution in [0, 0.1) is 18.8 Å². The molecule has 1 heterocycles. The fourth-order valence-electron chi connectivity index (χ4n) is 5.20. The molecular formula is C31H43N5O10. The normalized spacial score (nSPS) is 16.7. The lowest BCUT2D eigenvalue weighted by atomic mass is 9.89. The van der Waals surface area contributed by atoms with Gasteiger partial charge in [-0.3, -0.25) is 33.6 Å². The Kier molecular flexibility index (Phi) is 13.4. The molecule has 252 valence electrons. The fraction of sp³-hybridized carbons (Fsp3) is 0.548. The number of aldehydes is 1. The van der Waals surface area contributed by atoms with E-state index in [1.54, 1.807) is 39.8 Å². The molecule has 0 radical (unpaired) electrons. The van der Waals surface area contributed by atoms with Gasteiger partial charge in [0.25, 0.3) is 0 Å². The van der Waals surface area contributed by atoms with E-state index >= 15 is 0 Å². The van der Waals surface area contributed by atoms with Crippen molar-refractivity contribution >= 4 is 47.8 Å². The zero-order valence-electron chi connectivity index (χ0n) is 26.8. The first kappa shape index (κ1) is 37.4. The highest BCUT2D eigenvalue weighted by atomic mass is 16.4. The summed E-state index contributed by atoms with van der Waals surface area (Å²) in [7, 11) is 0. The third kappa shape index (κ3) is 10.1. The number of nitrogens with zero attached hydrogens (tertiary/aromatic N) is 1. The first-order valence-corrected chi connectivity index (χ1v) is 14.9. The Labute approximate surface area is 266 Å². The minimum absolute atomic E-state index is 0.0409. The number of carbonyl (C=O) groups is 8. The molecule has 6 N–H and O–H groups in total. The lowest BCUT2D eigenvalue weighted by Gasteiger charge is -2.39. The summed E-state index contributed by atoms with van der Waals surface area (Å²) in [5.74, 6) is -7.42. The van der Waals surface area contributed by atoms with Gasteiger partial charge < -0.3 is 41.2 Å². The molecule has 2 rings (SSSR count). The maximum absolute atomic E-state index is 14.1. The number of amides is 5. The highest BCUT2D eigenvalue weighted by Crippen LogP contribution is 2.32. The van der Waals surface area contributed by atoms with E-state index in [0.717, 1.165) is 11.1 Å². The number of fused-ring (bicyclic) bond motifs is 1. The molecule has 0 saturated heterocycles. The molecule has 0 unspecified atom stereocenters. The van der Waals surface area contributed by atoms with E-state index in [4.69, 9.17) is 5.11 Å². The fourth-order valence-corrected chi connectivity index (χ4v) is 5.20. The first-order chi connectivity index (χ1) is 21.5. The van der Waals surface area contributed by atoms with Crippen molar-refractivity contribution in [2.45, 2.75) is 91.0 Å². The van der Waals surface area contributed by atoms with Crippen molar-refractivity contribution in [2.75, 3.05) is 6.54 Å². The van der Waals surface area contributed by atoms with Gasteiger partial charge in [-0.15, -0.1) is 0 Å². The minimum atomic E-state index is -1.61. The minimum Gasteiger partial charge on any atom is -0.481 e. The van der Waals surface area contributed by atoms with Gasteiger partial charge in [0.2, 0.25) is 29.5 Å². The van der Waals surface area contributed by atoms with Crippen LogP contribution in [0.5, 0.6) is 0 Å². The average Bonchev–Trinajstić information content (AvgIpc) is 2.95. The van der Waals surface area contributed by atoms with Crippen molar-refractivity contribution in [1.82, 2.24) is 26.2 Å². The van der Waals surface area contributed by atoms with Crippen LogP contribution < -0.4 is 21.3 Å². The van der Waals surface area contributed by atoms with Crippen molar-refractivity contribution in [3.8, 4) is 0 Å². The van der Waals surface area contributed by atoms with E-state index in [0.29, 0.717) is 18.3 Å². The van der Waals surface area contributed by atoms with Gasteiger partial charge >= 0.3 is 11.9 Å². The molecule has 0 fully saturated rings. The SMILES string of the molecule is CC(=O)N[C@H](C(=O)N[C@H](CC(=O)O)C(=O)N[C@H](C(=O)N1CCc2cc(C)ccc2[C@H]1C(=O)N[C@H](C=O)CC(=O)O)C(C)C)C(C)C. The van der Waals surface area contributed by atoms with Crippen molar-refractivity contribution in [1.29, 1.82) is 0 Å². The van der Waals surface area contributed by atoms with E-state index < -0.39 is 96.4 Å². The Morgan fingerprint density at radius 1 is 0.870 bits per heavy atom. The van der Waals surface area contributed by atoms with Gasteiger partial charge in [0.1, 0.15) is 30.5 Å². The molecule has 1 aliphatic rings. The van der Waals surface area contributed by atoms with Crippen LogP contribution in [0.15, 0.2) is 18.2 Å². The monoisotopic (exact) mass is 645 g/mol. The van der Waals surface area contributed by atoms with E-state index in [1.165, 1.54) is 11.8 Å². The Hall–Kier alpha value is -4.82. The molecule has 0 spiro atoms. The molecule has 5 atom stereocenters. The van der Waals surface area contributed by atoms with Crippen LogP contribution in [0.3, 0.4) is 0 Å². The van der Waals surface area contributed by atoms with Gasteiger partial charge in [-0.05, 0) is 36.3 Å². The highest BCUT2D eigenvalue weighted by molar-refractivity contribution is 5.97. The molecule has 1 aromatic carbocycles. The van der Waals surface area contributed by atoms with Crippen LogP contribution in [0.25, 0.3) is 0 Å². The third-order valence-corrected chi connectivity index (χ3v) is 7.49. The van der Waals surface area contributed by atoms with Gasteiger partial charge in [-0.2, -0.15) is 0 Å². The summed E-state index contributed by atoms with van der Waals surface area (Å²) in [6, 6.07) is -1.30. The number of rotatable bonds is 15. The summed E-state index contributed by atoms with van der Waals surface area (Å²) in [6.45, 7) is 9.68. The van der Waals surface area contributed by atoms with Gasteiger partial charge in [0.15, 0.2) is 0 Å². The van der Waals surface area contributed by atoms with Crippen LogP contribution in [0.4, 0.5) is 0 Å². The van der Waals surface area contributed by atoms with Crippen molar-refractivity contribution in [3.05, 3.63) is 34.9 Å². The number of carboxylic acids is 2. The Balaban J connectivity index is 2.43. The standard InChI is InChI=1S/C31H43N5O10/c1-15(2)25(32-18(6)38)29(44)34-22(13-24(41)42)28(43)35-26(16(3)4)31(46)36-10-9-19-11-17(5)7-8-21(19)27(36)30(45)33-20(14-37)12-23(39)40/h7-8,11,14-16,20,22,25-27H,9-10,12-13H2,1-6H3,(H,32,38)(H,33,45)(H,34,44)(H,35,43)(H,39,40)(H,41,42)/t20-,22+,25-,26-,27-/m0/s1. The second kappa shape index (κ2) is 16.5. The molecule has 1 aliphatic heterocycles. The lowest BCUT2D eigenvalue weighted by molar-refractivity contribution is -0.147. The zero-order chi connectivity index (χ0) is 34.9. The van der Waals surface area contributed by atoms with E-state index in [1.807, 2.05) is 13.0 Å². The van der Waals surface area contributed by atoms with E-state index in [9.17, 15) is 43.5 Å². The lowest BCUT2D eigenvalue weighted by Crippen LogP contribution is -2.60. The molecular weight excluding hydrogens is 602 g/mol. The topological polar surface area (TPSA) is 228 Å². The van der Waals surface area contributed by atoms with Crippen molar-refractivity contribution in [2.24, 2.45) is 11.8 Å². The molecule has 0 bridgehead atoms. The molecule has 15 nitrogen and oxygen atoms in total. The number of aryl methyl sites for hydroxylation is 1. The highest BCUT2D eigenvalue weighted by Gasteiger charge is 2.41. The largest absolute Gasteiger partial charge is 0.481 e. The van der Waals surface area contributed by atoms with Gasteiger partial charge in [0, 0.05) is 13.5 Å². The van der Waals surface area contributed by atoms with Crippen LogP contribution in [-0.2, 0) is 44.8 Å². The third-order valence-electron chi connectivity index (χ3n) is 7.49. The Morgan fingerprint density at radius 3 is 2.00 bits per heavy atom. The summed E-state index contributed by atoms with van der Waals surface area (Å²) in [5, 5.41) is 28.4. The number of nitrogens with one attached hydrogen (secondary N) is 4. The van der Waals surface area contributed by atoms with Crippen LogP contribution in [0.1, 0.15) is 70.2 Å². The molecule has 15 heteroatoms.